The average Bonchev–Trinajstić information content (AvgIpc) is 2.45. The summed E-state index contributed by atoms with van der Waals surface area (Å²) < 4.78 is 5.49. The lowest BCUT2D eigenvalue weighted by molar-refractivity contribution is 0.406. The van der Waals surface area contributed by atoms with Crippen LogP contribution in [0.2, 0.25) is 0 Å². The third-order valence-electron chi connectivity index (χ3n) is 3.40. The van der Waals surface area contributed by atoms with Crippen LogP contribution in [-0.2, 0) is 6.42 Å². The number of rotatable bonds is 9. The summed E-state index contributed by atoms with van der Waals surface area (Å²) in [5, 5.41) is 3.63. The molecule has 0 fully saturated rings. The maximum absolute atomic E-state index is 5.49. The zero-order valence-corrected chi connectivity index (χ0v) is 14.3. The van der Waals surface area contributed by atoms with E-state index in [-0.39, 0.29) is 0 Å². The van der Waals surface area contributed by atoms with Crippen LogP contribution in [0.25, 0.3) is 0 Å². The van der Waals surface area contributed by atoms with E-state index in [4.69, 9.17) is 4.74 Å². The van der Waals surface area contributed by atoms with Gasteiger partial charge >= 0.3 is 0 Å². The van der Waals surface area contributed by atoms with Crippen LogP contribution in [0.1, 0.15) is 37.1 Å². The first-order valence-corrected chi connectivity index (χ1v) is 8.59. The van der Waals surface area contributed by atoms with E-state index in [2.05, 4.69) is 31.1 Å². The summed E-state index contributed by atoms with van der Waals surface area (Å²) in [5.74, 6) is 3.27. The Bertz CT molecular complexity index is 402. The minimum Gasteiger partial charge on any atom is -0.496 e. The Labute approximate surface area is 127 Å². The first kappa shape index (κ1) is 17.3. The van der Waals surface area contributed by atoms with Gasteiger partial charge in [0.2, 0.25) is 0 Å². The number of nitrogens with zero attached hydrogens (tertiary/aromatic N) is 1. The molecule has 20 heavy (non-hydrogen) atoms. The second-order valence-corrected chi connectivity index (χ2v) is 6.38. The molecule has 1 N–H and O–H groups in total. The van der Waals surface area contributed by atoms with Gasteiger partial charge in [0.05, 0.1) is 7.11 Å². The molecule has 0 aliphatic rings. The van der Waals surface area contributed by atoms with E-state index in [9.17, 15) is 0 Å². The van der Waals surface area contributed by atoms with Gasteiger partial charge in [-0.3, -0.25) is 4.98 Å². The number of aryl methyl sites for hydroxylation is 1. The molecular formula is C16H28N2OS. The minimum absolute atomic E-state index is 0.485. The monoisotopic (exact) mass is 296 g/mol. The average molecular weight is 296 g/mol. The number of nitrogens with one attached hydrogen (secondary N) is 1. The highest BCUT2D eigenvalue weighted by atomic mass is 32.2. The molecule has 1 aromatic rings. The summed E-state index contributed by atoms with van der Waals surface area (Å²) in [6.45, 7) is 9.63. The second-order valence-electron chi connectivity index (χ2n) is 5.06. The van der Waals surface area contributed by atoms with Gasteiger partial charge in [0.15, 0.2) is 0 Å². The molecule has 0 spiro atoms. The van der Waals surface area contributed by atoms with Crippen LogP contribution in [0.3, 0.4) is 0 Å². The number of aromatic nitrogens is 1. The Morgan fingerprint density at radius 3 is 2.70 bits per heavy atom. The highest BCUT2D eigenvalue weighted by Gasteiger charge is 2.14. The van der Waals surface area contributed by atoms with Gasteiger partial charge in [-0.05, 0) is 32.6 Å². The lowest BCUT2D eigenvalue weighted by Gasteiger charge is -2.20. The van der Waals surface area contributed by atoms with Gasteiger partial charge in [0.1, 0.15) is 5.75 Å². The van der Waals surface area contributed by atoms with Crippen LogP contribution in [-0.4, -0.2) is 36.2 Å². The minimum atomic E-state index is 0.485. The Hall–Kier alpha value is -0.740. The fraction of sp³-hybridized carbons (Fsp3) is 0.688. The zero-order chi connectivity index (χ0) is 15.0. The third kappa shape index (κ3) is 4.98. The molecule has 0 amide bonds. The Kier molecular flexibility index (Phi) is 8.00. The Morgan fingerprint density at radius 2 is 2.10 bits per heavy atom. The molecule has 1 rings (SSSR count). The van der Waals surface area contributed by atoms with Crippen LogP contribution in [0.5, 0.6) is 5.75 Å². The first-order valence-electron chi connectivity index (χ1n) is 7.44. The number of pyridine rings is 1. The van der Waals surface area contributed by atoms with Gasteiger partial charge in [-0.15, -0.1) is 0 Å². The Morgan fingerprint density at radius 1 is 1.35 bits per heavy atom. The van der Waals surface area contributed by atoms with E-state index >= 15 is 0 Å². The van der Waals surface area contributed by atoms with Crippen LogP contribution < -0.4 is 10.1 Å². The van der Waals surface area contributed by atoms with Crippen molar-refractivity contribution in [3.8, 4) is 5.75 Å². The fourth-order valence-corrected chi connectivity index (χ4v) is 3.06. The number of thioether (sulfide) groups is 1. The van der Waals surface area contributed by atoms with Gasteiger partial charge < -0.3 is 10.1 Å². The van der Waals surface area contributed by atoms with E-state index in [1.54, 1.807) is 7.11 Å². The summed E-state index contributed by atoms with van der Waals surface area (Å²) in [6, 6.07) is 0.485. The molecule has 0 radical (unpaired) electrons. The van der Waals surface area contributed by atoms with Gasteiger partial charge in [0, 0.05) is 41.2 Å². The predicted octanol–water partition coefficient (Wildman–Crippen LogP) is 3.37. The van der Waals surface area contributed by atoms with Crippen LogP contribution in [0.4, 0.5) is 0 Å². The van der Waals surface area contributed by atoms with Crippen molar-refractivity contribution in [1.29, 1.82) is 0 Å². The van der Waals surface area contributed by atoms with Gasteiger partial charge in [-0.2, -0.15) is 11.8 Å². The van der Waals surface area contributed by atoms with Gasteiger partial charge in [0.25, 0.3) is 0 Å². The zero-order valence-electron chi connectivity index (χ0n) is 13.5. The van der Waals surface area contributed by atoms with Crippen molar-refractivity contribution < 1.29 is 4.74 Å². The topological polar surface area (TPSA) is 34.2 Å². The maximum Gasteiger partial charge on any atom is 0.128 e. The van der Waals surface area contributed by atoms with Crippen LogP contribution in [0.15, 0.2) is 6.20 Å². The molecule has 3 nitrogen and oxygen atoms in total. The van der Waals surface area contributed by atoms with E-state index in [1.807, 2.05) is 24.9 Å². The van der Waals surface area contributed by atoms with Crippen molar-refractivity contribution in [2.75, 3.05) is 25.2 Å². The number of ether oxygens (including phenoxy) is 1. The number of hydrogen-bond acceptors (Lipinski definition) is 4. The molecule has 1 unspecified atom stereocenters. The molecule has 4 heteroatoms. The summed E-state index contributed by atoms with van der Waals surface area (Å²) in [5.41, 5.74) is 3.44. The predicted molar refractivity (Wildman–Crippen MR) is 89.0 cm³/mol. The van der Waals surface area contributed by atoms with E-state index in [0.29, 0.717) is 6.04 Å². The largest absolute Gasteiger partial charge is 0.496 e. The standard InChI is InChI=1S/C16H28N2OS/c1-6-8-17-14(11-20-7-2)9-15-13(4)16(19-5)12(3)10-18-15/h10,14,17H,6-9,11H2,1-5H3. The summed E-state index contributed by atoms with van der Waals surface area (Å²) in [4.78, 5) is 4.61. The number of methoxy groups -OCH3 is 1. The maximum atomic E-state index is 5.49. The lowest BCUT2D eigenvalue weighted by atomic mass is 10.1. The second kappa shape index (κ2) is 9.24. The molecular weight excluding hydrogens is 268 g/mol. The quantitative estimate of drug-likeness (QED) is 0.757. The summed E-state index contributed by atoms with van der Waals surface area (Å²) in [6.07, 6.45) is 4.05. The third-order valence-corrected chi connectivity index (χ3v) is 4.44. The molecule has 0 bridgehead atoms. The van der Waals surface area contributed by atoms with Crippen molar-refractivity contribution >= 4 is 11.8 Å². The summed E-state index contributed by atoms with van der Waals surface area (Å²) >= 11 is 1.98. The first-order chi connectivity index (χ1) is 9.63. The van der Waals surface area contributed by atoms with Crippen LogP contribution in [0, 0.1) is 13.8 Å². The van der Waals surface area contributed by atoms with Gasteiger partial charge in [-0.1, -0.05) is 13.8 Å². The van der Waals surface area contributed by atoms with E-state index in [0.717, 1.165) is 47.9 Å². The smallest absolute Gasteiger partial charge is 0.128 e. The van der Waals surface area contributed by atoms with Crippen molar-refractivity contribution in [3.05, 3.63) is 23.0 Å². The van der Waals surface area contributed by atoms with E-state index in [1.165, 1.54) is 5.56 Å². The molecule has 114 valence electrons. The molecule has 0 saturated carbocycles. The van der Waals surface area contributed by atoms with Crippen molar-refractivity contribution in [2.24, 2.45) is 0 Å². The lowest BCUT2D eigenvalue weighted by Crippen LogP contribution is -2.34. The molecule has 0 aromatic carbocycles. The van der Waals surface area contributed by atoms with Gasteiger partial charge in [-0.25, -0.2) is 0 Å². The van der Waals surface area contributed by atoms with Crippen molar-refractivity contribution in [3.63, 3.8) is 0 Å². The Balaban J connectivity index is 2.81. The highest BCUT2D eigenvalue weighted by Crippen LogP contribution is 2.25. The fourth-order valence-electron chi connectivity index (χ4n) is 2.31. The molecule has 0 aliphatic carbocycles. The number of hydrogen-bond donors (Lipinski definition) is 1. The molecule has 0 aliphatic heterocycles. The van der Waals surface area contributed by atoms with E-state index < -0.39 is 0 Å². The normalized spacial score (nSPS) is 12.4. The van der Waals surface area contributed by atoms with Crippen molar-refractivity contribution in [2.45, 2.75) is 46.6 Å². The summed E-state index contributed by atoms with van der Waals surface area (Å²) in [7, 11) is 1.73. The SMILES string of the molecule is CCCNC(CSCC)Cc1ncc(C)c(OC)c1C. The molecule has 1 heterocycles. The molecule has 0 saturated heterocycles. The highest BCUT2D eigenvalue weighted by molar-refractivity contribution is 7.99. The molecule has 1 aromatic heterocycles. The molecule has 1 atom stereocenters. The van der Waals surface area contributed by atoms with Crippen LogP contribution >= 0.6 is 11.8 Å². The van der Waals surface area contributed by atoms with Crippen molar-refractivity contribution in [1.82, 2.24) is 10.3 Å².